The van der Waals surface area contributed by atoms with E-state index in [0.29, 0.717) is 0 Å². The summed E-state index contributed by atoms with van der Waals surface area (Å²) in [6.45, 7) is 3.66. The van der Waals surface area contributed by atoms with Gasteiger partial charge < -0.3 is 10.0 Å². The van der Waals surface area contributed by atoms with Crippen molar-refractivity contribution in [2.75, 3.05) is 14.1 Å². The minimum atomic E-state index is -3.91. The summed E-state index contributed by atoms with van der Waals surface area (Å²) in [5, 5.41) is 14.4. The predicted octanol–water partition coefficient (Wildman–Crippen LogP) is -0.0592. The van der Waals surface area contributed by atoms with Crippen LogP contribution in [0, 0.1) is 11.8 Å². The van der Waals surface area contributed by atoms with Crippen molar-refractivity contribution in [3.63, 3.8) is 0 Å². The molecule has 0 fully saturated rings. The zero-order valence-corrected chi connectivity index (χ0v) is 10.4. The van der Waals surface area contributed by atoms with Gasteiger partial charge in [-0.25, -0.2) is 13.6 Å². The molecule has 0 rings (SSSR count). The maximum Gasteiger partial charge on any atom is 0.236 e. The third kappa shape index (κ3) is 5.15. The van der Waals surface area contributed by atoms with Gasteiger partial charge in [-0.15, -0.1) is 0 Å². The first kappa shape index (κ1) is 14.4. The highest BCUT2D eigenvalue weighted by atomic mass is 32.2. The molecule has 0 aromatic rings. The van der Waals surface area contributed by atoms with Gasteiger partial charge in [-0.2, -0.15) is 0 Å². The Morgan fingerprint density at radius 2 is 1.80 bits per heavy atom. The third-order valence-electron chi connectivity index (χ3n) is 2.04. The quantitative estimate of drug-likeness (QED) is 0.700. The lowest BCUT2D eigenvalue weighted by Gasteiger charge is -2.22. The van der Waals surface area contributed by atoms with Crippen LogP contribution in [-0.4, -0.2) is 38.0 Å². The second kappa shape index (κ2) is 5.48. The number of sulfonamides is 1. The molecule has 15 heavy (non-hydrogen) atoms. The van der Waals surface area contributed by atoms with Gasteiger partial charge in [0.1, 0.15) is 0 Å². The molecule has 5 nitrogen and oxygen atoms in total. The molecule has 0 aromatic heterocycles. The molecule has 0 aliphatic carbocycles. The number of aliphatic hydroxyl groups excluding tert-OH is 1. The smallest absolute Gasteiger partial charge is 0.236 e. The molecule has 6 heteroatoms. The predicted molar refractivity (Wildman–Crippen MR) is 60.3 cm³/mol. The van der Waals surface area contributed by atoms with Gasteiger partial charge in [0, 0.05) is 20.0 Å². The first-order valence-electron chi connectivity index (χ1n) is 4.70. The van der Waals surface area contributed by atoms with E-state index in [4.69, 9.17) is 5.14 Å². The number of aliphatic hydroxyl groups is 1. The van der Waals surface area contributed by atoms with Gasteiger partial charge in [-0.05, 0) is 12.1 Å². The summed E-state index contributed by atoms with van der Waals surface area (Å²) in [6.07, 6.45) is 3.36. The molecule has 0 bridgehead atoms. The fraction of sp³-hybridized carbons (Fsp3) is 0.778. The number of nitrogens with zero attached hydrogens (tertiary/aromatic N) is 1. The van der Waals surface area contributed by atoms with Crippen LogP contribution >= 0.6 is 0 Å². The third-order valence-corrected chi connectivity index (χ3v) is 3.03. The van der Waals surface area contributed by atoms with E-state index in [1.54, 1.807) is 17.2 Å². The summed E-state index contributed by atoms with van der Waals surface area (Å²) in [4.78, 5) is 1.77. The van der Waals surface area contributed by atoms with E-state index in [2.05, 4.69) is 0 Å². The van der Waals surface area contributed by atoms with Crippen molar-refractivity contribution < 1.29 is 13.5 Å². The van der Waals surface area contributed by atoms with E-state index in [9.17, 15) is 13.5 Å². The average Bonchev–Trinajstić information content (AvgIpc) is 2.01. The van der Waals surface area contributed by atoms with E-state index >= 15 is 0 Å². The topological polar surface area (TPSA) is 83.6 Å². The van der Waals surface area contributed by atoms with Gasteiger partial charge in [0.2, 0.25) is 10.0 Å². The van der Waals surface area contributed by atoms with E-state index in [1.807, 2.05) is 27.9 Å². The fourth-order valence-corrected chi connectivity index (χ4v) is 1.98. The van der Waals surface area contributed by atoms with Crippen LogP contribution in [0.25, 0.3) is 0 Å². The Kier molecular flexibility index (Phi) is 5.27. The van der Waals surface area contributed by atoms with E-state index in [1.165, 1.54) is 0 Å². The van der Waals surface area contributed by atoms with Crippen molar-refractivity contribution in [2.24, 2.45) is 17.0 Å². The molecule has 0 radical (unpaired) electrons. The Hall–Kier alpha value is -0.590. The van der Waals surface area contributed by atoms with Gasteiger partial charge in [0.05, 0.1) is 0 Å². The zero-order chi connectivity index (χ0) is 12.2. The monoisotopic (exact) mass is 236 g/mol. The maximum atomic E-state index is 11.0. The molecular formula is C9H20N2O3S. The Morgan fingerprint density at radius 3 is 2.07 bits per heavy atom. The highest BCUT2D eigenvalue weighted by Gasteiger charge is 2.29. The molecule has 3 N–H and O–H groups in total. The molecule has 2 atom stereocenters. The number of hydrogen-bond acceptors (Lipinski definition) is 4. The largest absolute Gasteiger partial charge is 0.384 e. The standard InChI is InChI=1S/C9H20N2O3S/c1-7(2)8(5-6-11(3)4)9(12)15(10,13)14/h5-9,12H,1-4H3,(H2,10,13,14). The number of primary sulfonamides is 1. The minimum absolute atomic E-state index is 0.00507. The van der Waals surface area contributed by atoms with Crippen LogP contribution in [0.3, 0.4) is 0 Å². The lowest BCUT2D eigenvalue weighted by Crippen LogP contribution is -2.36. The van der Waals surface area contributed by atoms with Crippen LogP contribution in [0.4, 0.5) is 0 Å². The molecule has 90 valence electrons. The number of nitrogens with two attached hydrogens (primary N) is 1. The second-order valence-corrected chi connectivity index (χ2v) is 5.77. The lowest BCUT2D eigenvalue weighted by atomic mass is 9.96. The van der Waals surface area contributed by atoms with Gasteiger partial charge in [-0.1, -0.05) is 19.9 Å². The molecule has 0 saturated carbocycles. The van der Waals surface area contributed by atoms with Crippen LogP contribution in [0.15, 0.2) is 12.3 Å². The fourth-order valence-electron chi connectivity index (χ4n) is 1.14. The van der Waals surface area contributed by atoms with Gasteiger partial charge in [0.15, 0.2) is 5.44 Å². The highest BCUT2D eigenvalue weighted by Crippen LogP contribution is 2.19. The van der Waals surface area contributed by atoms with Crippen molar-refractivity contribution >= 4 is 10.0 Å². The molecule has 0 heterocycles. The molecule has 0 spiro atoms. The zero-order valence-electron chi connectivity index (χ0n) is 9.58. The molecule has 0 aromatic carbocycles. The van der Waals surface area contributed by atoms with Gasteiger partial charge >= 0.3 is 0 Å². The summed E-state index contributed by atoms with van der Waals surface area (Å²) >= 11 is 0. The van der Waals surface area contributed by atoms with E-state index in [0.717, 1.165) is 0 Å². The highest BCUT2D eigenvalue weighted by molar-refractivity contribution is 7.89. The maximum absolute atomic E-state index is 11.0. The minimum Gasteiger partial charge on any atom is -0.384 e. The number of rotatable bonds is 5. The van der Waals surface area contributed by atoms with Crippen molar-refractivity contribution in [3.8, 4) is 0 Å². The van der Waals surface area contributed by atoms with Crippen LogP contribution in [0.2, 0.25) is 0 Å². The van der Waals surface area contributed by atoms with Gasteiger partial charge in [-0.3, -0.25) is 0 Å². The number of hydrogen-bond donors (Lipinski definition) is 2. The van der Waals surface area contributed by atoms with Crippen molar-refractivity contribution in [2.45, 2.75) is 19.3 Å². The van der Waals surface area contributed by atoms with Crippen LogP contribution in [0.1, 0.15) is 13.8 Å². The van der Waals surface area contributed by atoms with Crippen molar-refractivity contribution in [3.05, 3.63) is 12.3 Å². The van der Waals surface area contributed by atoms with E-state index < -0.39 is 21.4 Å². The van der Waals surface area contributed by atoms with E-state index in [-0.39, 0.29) is 5.92 Å². The molecule has 0 aliphatic rings. The Labute approximate surface area is 91.6 Å². The average molecular weight is 236 g/mol. The molecule has 0 aliphatic heterocycles. The summed E-state index contributed by atoms with van der Waals surface area (Å²) in [6, 6.07) is 0. The summed E-state index contributed by atoms with van der Waals surface area (Å²) in [5.41, 5.74) is -1.55. The Balaban J connectivity index is 4.84. The Morgan fingerprint density at radius 1 is 1.33 bits per heavy atom. The van der Waals surface area contributed by atoms with Crippen LogP contribution in [-0.2, 0) is 10.0 Å². The first-order valence-corrected chi connectivity index (χ1v) is 6.31. The second-order valence-electron chi connectivity index (χ2n) is 4.11. The summed E-state index contributed by atoms with van der Waals surface area (Å²) in [5.74, 6) is -0.503. The normalized spacial score (nSPS) is 17.0. The Bertz CT molecular complexity index is 309. The van der Waals surface area contributed by atoms with Crippen molar-refractivity contribution in [1.29, 1.82) is 0 Å². The SMILES string of the molecule is CC(C)C(C=CN(C)C)C(O)S(N)(=O)=O. The molecular weight excluding hydrogens is 216 g/mol. The molecule has 2 unspecified atom stereocenters. The van der Waals surface area contributed by atoms with Crippen molar-refractivity contribution in [1.82, 2.24) is 4.90 Å². The molecule has 0 amide bonds. The lowest BCUT2D eigenvalue weighted by molar-refractivity contribution is 0.175. The summed E-state index contributed by atoms with van der Waals surface area (Å²) in [7, 11) is -0.276. The summed E-state index contributed by atoms with van der Waals surface area (Å²) < 4.78 is 22.0. The molecule has 0 saturated heterocycles. The first-order chi connectivity index (χ1) is 6.66. The van der Waals surface area contributed by atoms with Crippen LogP contribution < -0.4 is 5.14 Å². The van der Waals surface area contributed by atoms with Crippen LogP contribution in [0.5, 0.6) is 0 Å². The van der Waals surface area contributed by atoms with Gasteiger partial charge in [0.25, 0.3) is 0 Å².